The minimum absolute atomic E-state index is 0.0233. The predicted molar refractivity (Wildman–Crippen MR) is 57.5 cm³/mol. The average molecular weight is 243 g/mol. The number of morpholine rings is 1. The van der Waals surface area contributed by atoms with Crippen molar-refractivity contribution in [1.82, 2.24) is 4.90 Å². The average Bonchev–Trinajstić information content (AvgIpc) is 3.08. The standard InChI is InChI=1S/C11H17NO5/c1-2-17-9-5-7(9)10(13)12-3-4-16-6-8(12)11(14)15/h7-9H,2-6H2,1H3,(H,14,15)/t7-,8-,9-/m1/s1. The molecule has 1 amide bonds. The molecule has 17 heavy (non-hydrogen) atoms. The molecule has 0 bridgehead atoms. The molecule has 1 aliphatic heterocycles. The maximum absolute atomic E-state index is 12.1. The summed E-state index contributed by atoms with van der Waals surface area (Å²) in [5.74, 6) is -1.28. The molecule has 2 aliphatic rings. The van der Waals surface area contributed by atoms with E-state index in [-0.39, 0.29) is 24.5 Å². The molecular formula is C11H17NO5. The second-order valence-electron chi connectivity index (χ2n) is 4.30. The van der Waals surface area contributed by atoms with Crippen LogP contribution in [0.25, 0.3) is 0 Å². The molecule has 0 radical (unpaired) electrons. The van der Waals surface area contributed by atoms with Gasteiger partial charge in [0, 0.05) is 13.2 Å². The highest BCUT2D eigenvalue weighted by atomic mass is 16.5. The number of rotatable bonds is 4. The van der Waals surface area contributed by atoms with Crippen molar-refractivity contribution in [3.05, 3.63) is 0 Å². The first kappa shape index (κ1) is 12.3. The van der Waals surface area contributed by atoms with Crippen molar-refractivity contribution in [2.45, 2.75) is 25.5 Å². The molecule has 1 N–H and O–H groups in total. The summed E-state index contributed by atoms with van der Waals surface area (Å²) < 4.78 is 10.4. The quantitative estimate of drug-likeness (QED) is 0.735. The summed E-state index contributed by atoms with van der Waals surface area (Å²) >= 11 is 0. The van der Waals surface area contributed by atoms with Crippen molar-refractivity contribution < 1.29 is 24.2 Å². The van der Waals surface area contributed by atoms with E-state index in [0.717, 1.165) is 0 Å². The molecule has 1 aliphatic carbocycles. The number of ether oxygens (including phenoxy) is 2. The van der Waals surface area contributed by atoms with E-state index in [4.69, 9.17) is 14.6 Å². The van der Waals surface area contributed by atoms with E-state index in [2.05, 4.69) is 0 Å². The summed E-state index contributed by atoms with van der Waals surface area (Å²) in [6.45, 7) is 3.30. The Kier molecular flexibility index (Phi) is 3.63. The first-order chi connectivity index (χ1) is 8.15. The minimum Gasteiger partial charge on any atom is -0.480 e. The van der Waals surface area contributed by atoms with E-state index in [1.807, 2.05) is 6.92 Å². The number of carbonyl (C=O) groups is 2. The van der Waals surface area contributed by atoms with Gasteiger partial charge in [-0.25, -0.2) is 4.79 Å². The van der Waals surface area contributed by atoms with Gasteiger partial charge in [-0.15, -0.1) is 0 Å². The molecule has 1 saturated carbocycles. The Morgan fingerprint density at radius 3 is 2.94 bits per heavy atom. The molecule has 6 heteroatoms. The van der Waals surface area contributed by atoms with Gasteiger partial charge in [0.05, 0.1) is 25.2 Å². The summed E-state index contributed by atoms with van der Waals surface area (Å²) in [6.07, 6.45) is 0.681. The van der Waals surface area contributed by atoms with E-state index in [1.54, 1.807) is 0 Å². The zero-order valence-electron chi connectivity index (χ0n) is 9.80. The minimum atomic E-state index is -1.01. The molecule has 3 atom stereocenters. The fourth-order valence-corrected chi connectivity index (χ4v) is 2.11. The van der Waals surface area contributed by atoms with Gasteiger partial charge in [0.1, 0.15) is 0 Å². The number of amides is 1. The van der Waals surface area contributed by atoms with Crippen molar-refractivity contribution in [2.75, 3.05) is 26.4 Å². The maximum atomic E-state index is 12.1. The first-order valence-corrected chi connectivity index (χ1v) is 5.87. The van der Waals surface area contributed by atoms with Gasteiger partial charge in [-0.05, 0) is 13.3 Å². The molecule has 2 fully saturated rings. The maximum Gasteiger partial charge on any atom is 0.328 e. The van der Waals surface area contributed by atoms with E-state index >= 15 is 0 Å². The fourth-order valence-electron chi connectivity index (χ4n) is 2.11. The normalized spacial score (nSPS) is 32.3. The van der Waals surface area contributed by atoms with Crippen molar-refractivity contribution >= 4 is 11.9 Å². The number of hydrogen-bond acceptors (Lipinski definition) is 4. The third-order valence-electron chi connectivity index (χ3n) is 3.13. The van der Waals surface area contributed by atoms with Crippen LogP contribution in [0.2, 0.25) is 0 Å². The molecule has 6 nitrogen and oxygen atoms in total. The van der Waals surface area contributed by atoms with Crippen LogP contribution in [0.15, 0.2) is 0 Å². The Bertz CT molecular complexity index is 319. The van der Waals surface area contributed by atoms with E-state index in [0.29, 0.717) is 26.2 Å². The van der Waals surface area contributed by atoms with Gasteiger partial charge in [0.25, 0.3) is 0 Å². The van der Waals surface area contributed by atoms with Crippen LogP contribution in [0, 0.1) is 5.92 Å². The highest BCUT2D eigenvalue weighted by Gasteiger charge is 2.48. The van der Waals surface area contributed by atoms with Crippen LogP contribution in [0.3, 0.4) is 0 Å². The van der Waals surface area contributed by atoms with Crippen molar-refractivity contribution in [1.29, 1.82) is 0 Å². The van der Waals surface area contributed by atoms with Gasteiger partial charge in [-0.3, -0.25) is 4.79 Å². The summed E-state index contributed by atoms with van der Waals surface area (Å²) in [5, 5.41) is 9.02. The third-order valence-corrected chi connectivity index (χ3v) is 3.13. The lowest BCUT2D eigenvalue weighted by atomic mass is 10.2. The van der Waals surface area contributed by atoms with Crippen LogP contribution in [0.5, 0.6) is 0 Å². The van der Waals surface area contributed by atoms with Gasteiger partial charge < -0.3 is 19.5 Å². The molecular weight excluding hydrogens is 226 g/mol. The Hall–Kier alpha value is -1.14. The smallest absolute Gasteiger partial charge is 0.328 e. The third kappa shape index (κ3) is 2.58. The topological polar surface area (TPSA) is 76.1 Å². The highest BCUT2D eigenvalue weighted by molar-refractivity contribution is 5.87. The second kappa shape index (κ2) is 5.01. The summed E-state index contributed by atoms with van der Waals surface area (Å²) in [4.78, 5) is 24.5. The van der Waals surface area contributed by atoms with Crippen LogP contribution in [-0.2, 0) is 19.1 Å². The lowest BCUT2D eigenvalue weighted by Crippen LogP contribution is -2.53. The van der Waals surface area contributed by atoms with Crippen molar-refractivity contribution in [3.63, 3.8) is 0 Å². The molecule has 2 rings (SSSR count). The number of carboxylic acids is 1. The second-order valence-corrected chi connectivity index (χ2v) is 4.30. The molecule has 0 aromatic carbocycles. The molecule has 0 aromatic rings. The van der Waals surface area contributed by atoms with E-state index in [1.165, 1.54) is 4.90 Å². The molecule has 1 heterocycles. The van der Waals surface area contributed by atoms with Gasteiger partial charge in [-0.2, -0.15) is 0 Å². The predicted octanol–water partition coefficient (Wildman–Crippen LogP) is -0.277. The van der Waals surface area contributed by atoms with Crippen LogP contribution in [0.4, 0.5) is 0 Å². The van der Waals surface area contributed by atoms with Gasteiger partial charge in [0.2, 0.25) is 5.91 Å². The van der Waals surface area contributed by atoms with E-state index in [9.17, 15) is 9.59 Å². The number of carboxylic acid groups (broad SMARTS) is 1. The largest absolute Gasteiger partial charge is 0.480 e. The number of carbonyl (C=O) groups excluding carboxylic acids is 1. The van der Waals surface area contributed by atoms with Crippen LogP contribution < -0.4 is 0 Å². The molecule has 0 spiro atoms. The lowest BCUT2D eigenvalue weighted by molar-refractivity contribution is -0.159. The van der Waals surface area contributed by atoms with Gasteiger partial charge >= 0.3 is 5.97 Å². The number of nitrogens with zero attached hydrogens (tertiary/aromatic N) is 1. The van der Waals surface area contributed by atoms with Gasteiger partial charge in [-0.1, -0.05) is 0 Å². The summed E-state index contributed by atoms with van der Waals surface area (Å²) in [6, 6.07) is -0.848. The Morgan fingerprint density at radius 2 is 2.29 bits per heavy atom. The van der Waals surface area contributed by atoms with Crippen LogP contribution in [-0.4, -0.2) is 60.4 Å². The SMILES string of the molecule is CCO[C@@H]1C[C@H]1C(=O)N1CCOC[C@@H]1C(=O)O. The molecule has 96 valence electrons. The summed E-state index contributed by atoms with van der Waals surface area (Å²) in [7, 11) is 0. The van der Waals surface area contributed by atoms with Crippen LogP contribution in [0.1, 0.15) is 13.3 Å². The zero-order chi connectivity index (χ0) is 12.4. The van der Waals surface area contributed by atoms with Crippen molar-refractivity contribution in [2.24, 2.45) is 5.92 Å². The first-order valence-electron chi connectivity index (χ1n) is 5.87. The van der Waals surface area contributed by atoms with E-state index < -0.39 is 12.0 Å². The number of hydrogen-bond donors (Lipinski definition) is 1. The van der Waals surface area contributed by atoms with Crippen molar-refractivity contribution in [3.8, 4) is 0 Å². The van der Waals surface area contributed by atoms with Crippen LogP contribution >= 0.6 is 0 Å². The number of aliphatic carboxylic acids is 1. The van der Waals surface area contributed by atoms with Gasteiger partial charge in [0.15, 0.2) is 6.04 Å². The monoisotopic (exact) mass is 243 g/mol. The Balaban J connectivity index is 1.95. The Labute approximate surface area is 99.5 Å². The fraction of sp³-hybridized carbons (Fsp3) is 0.818. The Morgan fingerprint density at radius 1 is 1.53 bits per heavy atom. The molecule has 0 unspecified atom stereocenters. The molecule has 0 aromatic heterocycles. The lowest BCUT2D eigenvalue weighted by Gasteiger charge is -2.33. The zero-order valence-corrected chi connectivity index (χ0v) is 9.80. The molecule has 1 saturated heterocycles. The highest BCUT2D eigenvalue weighted by Crippen LogP contribution is 2.36. The summed E-state index contributed by atoms with van der Waals surface area (Å²) in [5.41, 5.74) is 0.